The van der Waals surface area contributed by atoms with Crippen LogP contribution in [0.25, 0.3) is 0 Å². The maximum Gasteiger partial charge on any atom is 0.176 e. The summed E-state index contributed by atoms with van der Waals surface area (Å²) in [5.41, 5.74) is 0. The zero-order valence-electron chi connectivity index (χ0n) is 7.68. The van der Waals surface area contributed by atoms with Crippen LogP contribution >= 0.6 is 15.9 Å². The summed E-state index contributed by atoms with van der Waals surface area (Å²) in [5, 5.41) is 16.7. The van der Waals surface area contributed by atoms with Crippen molar-refractivity contribution in [3.8, 4) is 0 Å². The molecule has 0 aromatic carbocycles. The van der Waals surface area contributed by atoms with Crippen LogP contribution in [0.3, 0.4) is 0 Å². The Hall–Kier alpha value is -1.57. The van der Waals surface area contributed by atoms with Crippen LogP contribution in [0, 0.1) is 0 Å². The highest BCUT2D eigenvalue weighted by atomic mass is 79.9. The molecule has 2 aromatic heterocycles. The molecule has 0 aliphatic carbocycles. The van der Waals surface area contributed by atoms with E-state index in [1.54, 1.807) is 6.20 Å². The molecule has 0 unspecified atom stereocenters. The van der Waals surface area contributed by atoms with E-state index in [0.717, 1.165) is 10.3 Å². The van der Waals surface area contributed by atoms with Crippen LogP contribution in [-0.4, -0.2) is 37.1 Å². The van der Waals surface area contributed by atoms with Crippen LogP contribution in [0.5, 0.6) is 0 Å². The van der Waals surface area contributed by atoms with Gasteiger partial charge in [-0.05, 0) is 15.9 Å². The number of nitrogens with one attached hydrogen (secondary N) is 2. The Morgan fingerprint density at radius 2 is 2.40 bits per heavy atom. The largest absolute Gasteiger partial charge is 0.369 e. The van der Waals surface area contributed by atoms with Gasteiger partial charge in [0.05, 0.1) is 4.47 Å². The standard InChI is InChI=1S/C7H8BrN7/c8-5-3-9-4-11-7(5)10-2-1-6-12-14-15-13-6/h3-4H,1-2H2,(H,9,10,11)(H,12,13,14,15). The second kappa shape index (κ2) is 4.78. The maximum absolute atomic E-state index is 4.06. The van der Waals surface area contributed by atoms with Gasteiger partial charge >= 0.3 is 0 Å². The molecule has 0 aliphatic heterocycles. The van der Waals surface area contributed by atoms with Gasteiger partial charge in [0.15, 0.2) is 5.82 Å². The highest BCUT2D eigenvalue weighted by molar-refractivity contribution is 9.10. The molecule has 0 fully saturated rings. The summed E-state index contributed by atoms with van der Waals surface area (Å²) in [4.78, 5) is 7.93. The van der Waals surface area contributed by atoms with Gasteiger partial charge in [0.2, 0.25) is 0 Å². The molecule has 2 rings (SSSR count). The van der Waals surface area contributed by atoms with Gasteiger partial charge in [-0.1, -0.05) is 5.21 Å². The minimum Gasteiger partial charge on any atom is -0.369 e. The summed E-state index contributed by atoms with van der Waals surface area (Å²) in [6.45, 7) is 0.690. The van der Waals surface area contributed by atoms with Crippen LogP contribution in [0.2, 0.25) is 0 Å². The van der Waals surface area contributed by atoms with Gasteiger partial charge < -0.3 is 5.32 Å². The van der Waals surface area contributed by atoms with Crippen molar-refractivity contribution in [3.05, 3.63) is 22.8 Å². The van der Waals surface area contributed by atoms with Crippen molar-refractivity contribution < 1.29 is 0 Å². The van der Waals surface area contributed by atoms with Crippen LogP contribution < -0.4 is 5.32 Å². The van der Waals surface area contributed by atoms with E-state index in [-0.39, 0.29) is 0 Å². The second-order valence-electron chi connectivity index (χ2n) is 2.72. The molecule has 2 aromatic rings. The molecule has 15 heavy (non-hydrogen) atoms. The molecule has 0 amide bonds. The van der Waals surface area contributed by atoms with E-state index >= 15 is 0 Å². The number of tetrazole rings is 1. The van der Waals surface area contributed by atoms with Gasteiger partial charge in [-0.15, -0.1) is 10.2 Å². The van der Waals surface area contributed by atoms with Crippen LogP contribution in [0.15, 0.2) is 17.0 Å². The van der Waals surface area contributed by atoms with Crippen LogP contribution in [0.4, 0.5) is 5.82 Å². The number of aromatic amines is 1. The summed E-state index contributed by atoms with van der Waals surface area (Å²) in [5.74, 6) is 1.43. The van der Waals surface area contributed by atoms with E-state index in [2.05, 4.69) is 51.8 Å². The van der Waals surface area contributed by atoms with E-state index in [1.807, 2.05) is 0 Å². The first kappa shape index (κ1) is 9.97. The van der Waals surface area contributed by atoms with Gasteiger partial charge in [0.1, 0.15) is 12.1 Å². The number of nitrogens with zero attached hydrogens (tertiary/aromatic N) is 5. The van der Waals surface area contributed by atoms with E-state index in [9.17, 15) is 0 Å². The fourth-order valence-electron chi connectivity index (χ4n) is 1.02. The minimum atomic E-state index is 0.674. The van der Waals surface area contributed by atoms with Crippen molar-refractivity contribution in [2.75, 3.05) is 11.9 Å². The minimum absolute atomic E-state index is 0.674. The van der Waals surface area contributed by atoms with Crippen molar-refractivity contribution >= 4 is 21.7 Å². The summed E-state index contributed by atoms with van der Waals surface area (Å²) < 4.78 is 0.832. The molecule has 0 bridgehead atoms. The monoisotopic (exact) mass is 269 g/mol. The Morgan fingerprint density at radius 1 is 1.47 bits per heavy atom. The molecular formula is C7H8BrN7. The smallest absolute Gasteiger partial charge is 0.176 e. The predicted octanol–water partition coefficient (Wildman–Crippen LogP) is 0.407. The lowest BCUT2D eigenvalue weighted by molar-refractivity contribution is 0.881. The first-order valence-electron chi connectivity index (χ1n) is 4.28. The molecule has 0 radical (unpaired) electrons. The van der Waals surface area contributed by atoms with Crippen molar-refractivity contribution in [3.63, 3.8) is 0 Å². The third kappa shape index (κ3) is 2.69. The lowest BCUT2D eigenvalue weighted by Gasteiger charge is -2.04. The zero-order valence-corrected chi connectivity index (χ0v) is 9.27. The normalized spacial score (nSPS) is 10.2. The summed E-state index contributed by atoms with van der Waals surface area (Å²) in [7, 11) is 0. The summed E-state index contributed by atoms with van der Waals surface area (Å²) in [6, 6.07) is 0. The molecule has 0 saturated heterocycles. The van der Waals surface area contributed by atoms with Crippen molar-refractivity contribution in [2.45, 2.75) is 6.42 Å². The molecule has 0 atom stereocenters. The number of H-pyrrole nitrogens is 1. The first-order valence-corrected chi connectivity index (χ1v) is 5.07. The van der Waals surface area contributed by atoms with Gasteiger partial charge in [-0.25, -0.2) is 9.97 Å². The van der Waals surface area contributed by atoms with Gasteiger partial charge in [-0.2, -0.15) is 5.21 Å². The molecule has 2 N–H and O–H groups in total. The third-order valence-corrected chi connectivity index (χ3v) is 2.28. The highest BCUT2D eigenvalue weighted by Crippen LogP contribution is 2.16. The van der Waals surface area contributed by atoms with Gasteiger partial charge in [0.25, 0.3) is 0 Å². The molecule has 0 saturated carbocycles. The van der Waals surface area contributed by atoms with Crippen molar-refractivity contribution in [2.24, 2.45) is 0 Å². The Bertz CT molecular complexity index is 415. The third-order valence-electron chi connectivity index (χ3n) is 1.70. The SMILES string of the molecule is Brc1cncnc1NCCc1nn[nH]n1. The van der Waals surface area contributed by atoms with E-state index in [1.165, 1.54) is 6.33 Å². The number of aromatic nitrogens is 6. The average molecular weight is 270 g/mol. The van der Waals surface area contributed by atoms with E-state index in [4.69, 9.17) is 0 Å². The first-order chi connectivity index (χ1) is 7.36. The highest BCUT2D eigenvalue weighted by Gasteiger charge is 2.01. The molecule has 2 heterocycles. The molecule has 8 heteroatoms. The Morgan fingerprint density at radius 3 is 3.13 bits per heavy atom. The van der Waals surface area contributed by atoms with Crippen molar-refractivity contribution in [1.29, 1.82) is 0 Å². The number of hydrogen-bond donors (Lipinski definition) is 2. The van der Waals surface area contributed by atoms with Crippen molar-refractivity contribution in [1.82, 2.24) is 30.6 Å². The van der Waals surface area contributed by atoms with Gasteiger partial charge in [0, 0.05) is 19.2 Å². The molecule has 78 valence electrons. The number of halogens is 1. The molecular weight excluding hydrogens is 262 g/mol. The van der Waals surface area contributed by atoms with Crippen LogP contribution in [0.1, 0.15) is 5.82 Å². The van der Waals surface area contributed by atoms with E-state index in [0.29, 0.717) is 18.8 Å². The zero-order chi connectivity index (χ0) is 10.5. The molecule has 0 aliphatic rings. The Labute approximate surface area is 93.8 Å². The summed E-state index contributed by atoms with van der Waals surface area (Å²) in [6.07, 6.45) is 3.86. The Kier molecular flexibility index (Phi) is 3.18. The molecule has 7 nitrogen and oxygen atoms in total. The van der Waals surface area contributed by atoms with Crippen LogP contribution in [-0.2, 0) is 6.42 Å². The number of rotatable bonds is 4. The lowest BCUT2D eigenvalue weighted by Crippen LogP contribution is -2.08. The average Bonchev–Trinajstić information content (AvgIpc) is 2.74. The topological polar surface area (TPSA) is 92.3 Å². The maximum atomic E-state index is 4.06. The fourth-order valence-corrected chi connectivity index (χ4v) is 1.38. The number of anilines is 1. The lowest BCUT2D eigenvalue weighted by atomic mass is 10.4. The number of hydrogen-bond acceptors (Lipinski definition) is 6. The quantitative estimate of drug-likeness (QED) is 0.835. The fraction of sp³-hybridized carbons (Fsp3) is 0.286. The second-order valence-corrected chi connectivity index (χ2v) is 3.58. The Balaban J connectivity index is 1.86. The predicted molar refractivity (Wildman–Crippen MR) is 56.1 cm³/mol. The van der Waals surface area contributed by atoms with Gasteiger partial charge in [-0.3, -0.25) is 0 Å². The van der Waals surface area contributed by atoms with E-state index < -0.39 is 0 Å². The summed E-state index contributed by atoms with van der Waals surface area (Å²) >= 11 is 3.34. The molecule has 0 spiro atoms.